The van der Waals surface area contributed by atoms with Crippen LogP contribution in [0, 0.1) is 0 Å². The van der Waals surface area contributed by atoms with Crippen LogP contribution in [0.25, 0.3) is 0 Å². The van der Waals surface area contributed by atoms with Gasteiger partial charge >= 0.3 is 0 Å². The van der Waals surface area contributed by atoms with Crippen LogP contribution in [0.1, 0.15) is 46.5 Å². The number of carbonyl (C=O) groups excluding carboxylic acids is 2. The molecule has 0 bridgehead atoms. The van der Waals surface area contributed by atoms with Gasteiger partial charge in [0.2, 0.25) is 0 Å². The van der Waals surface area contributed by atoms with E-state index in [-0.39, 0.29) is 0 Å². The summed E-state index contributed by atoms with van der Waals surface area (Å²) in [6.45, 7) is 5.89. The van der Waals surface area contributed by atoms with Crippen LogP contribution in [0.4, 0.5) is 0 Å². The van der Waals surface area contributed by atoms with Gasteiger partial charge in [-0.2, -0.15) is 0 Å². The summed E-state index contributed by atoms with van der Waals surface area (Å²) in [7, 11) is 0. The second-order valence-corrected chi connectivity index (χ2v) is 4.34. The Morgan fingerprint density at radius 3 is 2.06 bits per heavy atom. The molecule has 0 saturated carbocycles. The molecule has 0 heterocycles. The quantitative estimate of drug-likeness (QED) is 0.364. The largest absolute Gasteiger partial charge is 0.299 e. The van der Waals surface area contributed by atoms with Gasteiger partial charge in [0.15, 0.2) is 0 Å². The van der Waals surface area contributed by atoms with Gasteiger partial charge in [-0.05, 0) is 58.1 Å². The lowest BCUT2D eigenvalue weighted by Crippen LogP contribution is -1.82. The lowest BCUT2D eigenvalue weighted by Gasteiger charge is -2.00. The Morgan fingerprint density at radius 1 is 0.882 bits per heavy atom. The minimum absolute atomic E-state index is 0.794. The molecule has 0 unspecified atom stereocenters. The molecule has 0 amide bonds. The zero-order chi connectivity index (χ0) is 13.1. The van der Waals surface area contributed by atoms with E-state index in [0.717, 1.165) is 49.4 Å². The molecule has 0 aromatic rings. The summed E-state index contributed by atoms with van der Waals surface area (Å²) in [5, 5.41) is 0. The highest BCUT2D eigenvalue weighted by Gasteiger charge is 1.92. The van der Waals surface area contributed by atoms with E-state index in [2.05, 4.69) is 13.0 Å². The summed E-state index contributed by atoms with van der Waals surface area (Å²) in [4.78, 5) is 20.6. The van der Waals surface area contributed by atoms with E-state index in [4.69, 9.17) is 0 Å². The maximum atomic E-state index is 10.4. The Kier molecular flexibility index (Phi) is 8.94. The van der Waals surface area contributed by atoms with Gasteiger partial charge in [0.25, 0.3) is 0 Å². The Labute approximate surface area is 104 Å². The Morgan fingerprint density at radius 2 is 1.47 bits per heavy atom. The second kappa shape index (κ2) is 9.76. The second-order valence-electron chi connectivity index (χ2n) is 4.34. The van der Waals surface area contributed by atoms with Crippen LogP contribution < -0.4 is 0 Å². The molecule has 0 rings (SSSR count). The van der Waals surface area contributed by atoms with Crippen LogP contribution in [-0.4, -0.2) is 12.6 Å². The number of carbonyl (C=O) groups is 2. The van der Waals surface area contributed by atoms with E-state index in [1.54, 1.807) is 6.08 Å². The van der Waals surface area contributed by atoms with Crippen molar-refractivity contribution in [1.82, 2.24) is 0 Å². The standard InChI is InChI=1S/C15H22O2/c1-13(7-5-9-15(3)12-17)6-4-8-14(2)10-11-16/h6,9-12H,4-5,7-8H2,1-3H3. The normalized spacial score (nSPS) is 13.7. The van der Waals surface area contributed by atoms with Crippen LogP contribution in [0.5, 0.6) is 0 Å². The van der Waals surface area contributed by atoms with Gasteiger partial charge in [0.05, 0.1) is 0 Å². The van der Waals surface area contributed by atoms with Crippen molar-refractivity contribution in [2.45, 2.75) is 46.5 Å². The van der Waals surface area contributed by atoms with E-state index in [1.807, 2.05) is 19.9 Å². The van der Waals surface area contributed by atoms with Crippen molar-refractivity contribution >= 4 is 12.6 Å². The summed E-state index contributed by atoms with van der Waals surface area (Å²) in [6.07, 6.45) is 11.3. The fourth-order valence-corrected chi connectivity index (χ4v) is 1.42. The smallest absolute Gasteiger partial charge is 0.145 e. The summed E-state index contributed by atoms with van der Waals surface area (Å²) < 4.78 is 0. The van der Waals surface area contributed by atoms with Gasteiger partial charge in [-0.15, -0.1) is 0 Å². The van der Waals surface area contributed by atoms with Gasteiger partial charge < -0.3 is 0 Å². The highest BCUT2D eigenvalue weighted by atomic mass is 16.1. The first kappa shape index (κ1) is 15.6. The molecule has 17 heavy (non-hydrogen) atoms. The van der Waals surface area contributed by atoms with Gasteiger partial charge in [-0.1, -0.05) is 23.3 Å². The zero-order valence-corrected chi connectivity index (χ0v) is 11.0. The first-order chi connectivity index (χ1) is 8.10. The van der Waals surface area contributed by atoms with E-state index >= 15 is 0 Å². The van der Waals surface area contributed by atoms with Gasteiger partial charge in [0.1, 0.15) is 12.6 Å². The predicted molar refractivity (Wildman–Crippen MR) is 71.9 cm³/mol. The molecule has 0 N–H and O–H groups in total. The molecule has 0 aliphatic heterocycles. The van der Waals surface area contributed by atoms with Crippen molar-refractivity contribution in [3.05, 3.63) is 34.9 Å². The molecule has 0 aliphatic rings. The topological polar surface area (TPSA) is 34.1 Å². The first-order valence-electron chi connectivity index (χ1n) is 5.98. The molecule has 0 radical (unpaired) electrons. The van der Waals surface area contributed by atoms with Crippen LogP contribution in [0.3, 0.4) is 0 Å². The molecule has 2 heteroatoms. The third-order valence-electron chi connectivity index (χ3n) is 2.57. The van der Waals surface area contributed by atoms with Crippen molar-refractivity contribution in [3.8, 4) is 0 Å². The van der Waals surface area contributed by atoms with Crippen molar-refractivity contribution in [1.29, 1.82) is 0 Å². The monoisotopic (exact) mass is 234 g/mol. The molecular formula is C15H22O2. The van der Waals surface area contributed by atoms with Crippen molar-refractivity contribution in [2.75, 3.05) is 0 Å². The average molecular weight is 234 g/mol. The van der Waals surface area contributed by atoms with Crippen LogP contribution in [-0.2, 0) is 9.59 Å². The maximum absolute atomic E-state index is 10.4. The number of rotatable bonds is 8. The molecular weight excluding hydrogens is 212 g/mol. The molecule has 0 atom stereocenters. The molecule has 0 aliphatic carbocycles. The minimum atomic E-state index is 0.794. The van der Waals surface area contributed by atoms with Gasteiger partial charge in [-0.3, -0.25) is 9.59 Å². The lowest BCUT2D eigenvalue weighted by atomic mass is 10.1. The van der Waals surface area contributed by atoms with Crippen LogP contribution in [0.2, 0.25) is 0 Å². The van der Waals surface area contributed by atoms with E-state index in [1.165, 1.54) is 5.57 Å². The van der Waals surface area contributed by atoms with Gasteiger partial charge in [-0.25, -0.2) is 0 Å². The van der Waals surface area contributed by atoms with Gasteiger partial charge in [0, 0.05) is 0 Å². The highest BCUT2D eigenvalue weighted by Crippen LogP contribution is 2.10. The molecule has 0 aromatic carbocycles. The summed E-state index contributed by atoms with van der Waals surface area (Å²) in [5.41, 5.74) is 3.24. The Balaban J connectivity index is 3.91. The molecule has 0 aromatic heterocycles. The van der Waals surface area contributed by atoms with Crippen LogP contribution in [0.15, 0.2) is 34.9 Å². The SMILES string of the molecule is CC(C=O)=CCCC(C)=CCCC(C)=CC=O. The maximum Gasteiger partial charge on any atom is 0.145 e. The van der Waals surface area contributed by atoms with E-state index in [0.29, 0.717) is 0 Å². The fourth-order valence-electron chi connectivity index (χ4n) is 1.42. The summed E-state index contributed by atoms with van der Waals surface area (Å²) in [5.74, 6) is 0. The van der Waals surface area contributed by atoms with E-state index in [9.17, 15) is 9.59 Å². The van der Waals surface area contributed by atoms with Crippen molar-refractivity contribution < 1.29 is 9.59 Å². The first-order valence-corrected chi connectivity index (χ1v) is 5.98. The third kappa shape index (κ3) is 9.49. The molecule has 94 valence electrons. The molecule has 2 nitrogen and oxygen atoms in total. The number of allylic oxidation sites excluding steroid dienone is 6. The molecule has 0 spiro atoms. The minimum Gasteiger partial charge on any atom is -0.299 e. The lowest BCUT2D eigenvalue weighted by molar-refractivity contribution is -0.105. The Hall–Kier alpha value is -1.44. The summed E-state index contributed by atoms with van der Waals surface area (Å²) in [6, 6.07) is 0. The fraction of sp³-hybridized carbons (Fsp3) is 0.467. The van der Waals surface area contributed by atoms with Crippen molar-refractivity contribution in [2.24, 2.45) is 0 Å². The average Bonchev–Trinajstić information content (AvgIpc) is 2.29. The van der Waals surface area contributed by atoms with Crippen LogP contribution >= 0.6 is 0 Å². The number of hydrogen-bond acceptors (Lipinski definition) is 2. The zero-order valence-electron chi connectivity index (χ0n) is 11.0. The van der Waals surface area contributed by atoms with E-state index < -0.39 is 0 Å². The summed E-state index contributed by atoms with van der Waals surface area (Å²) >= 11 is 0. The third-order valence-corrected chi connectivity index (χ3v) is 2.57. The predicted octanol–water partition coefficient (Wildman–Crippen LogP) is 3.78. The Bertz CT molecular complexity index is 333. The number of aldehydes is 2. The highest BCUT2D eigenvalue weighted by molar-refractivity contribution is 5.71. The molecule has 0 fully saturated rings. The number of hydrogen-bond donors (Lipinski definition) is 0. The van der Waals surface area contributed by atoms with Crippen molar-refractivity contribution in [3.63, 3.8) is 0 Å². The molecule has 0 saturated heterocycles.